The van der Waals surface area contributed by atoms with Crippen molar-refractivity contribution in [2.24, 2.45) is 0 Å². The van der Waals surface area contributed by atoms with Gasteiger partial charge in [-0.25, -0.2) is 17.5 Å². The van der Waals surface area contributed by atoms with Gasteiger partial charge in [0.1, 0.15) is 5.82 Å². The Morgan fingerprint density at radius 2 is 2.11 bits per heavy atom. The van der Waals surface area contributed by atoms with Gasteiger partial charge in [0.2, 0.25) is 10.0 Å². The Bertz CT molecular complexity index is 525. The molecule has 1 aromatic carbocycles. The molecule has 0 aliphatic carbocycles. The molecule has 0 aliphatic heterocycles. The fraction of sp³-hybridized carbons (Fsp3) is 0.455. The summed E-state index contributed by atoms with van der Waals surface area (Å²) in [5.74, 6) is -1.05. The number of aliphatic hydroxyl groups is 1. The van der Waals surface area contributed by atoms with Gasteiger partial charge in [-0.3, -0.25) is 4.39 Å². The number of sulfonamides is 1. The second-order valence-corrected chi connectivity index (χ2v) is 6.23. The van der Waals surface area contributed by atoms with Gasteiger partial charge in [0, 0.05) is 6.54 Å². The van der Waals surface area contributed by atoms with Crippen molar-refractivity contribution < 1.29 is 22.3 Å². The normalized spacial score (nSPS) is 13.5. The minimum absolute atomic E-state index is 0.0838. The van der Waals surface area contributed by atoms with Crippen LogP contribution in [0.4, 0.5) is 8.78 Å². The fourth-order valence-corrected chi connectivity index (χ4v) is 2.52. The number of nitrogens with one attached hydrogen (secondary N) is 1. The van der Waals surface area contributed by atoms with Crippen LogP contribution in [0.15, 0.2) is 18.2 Å². The summed E-state index contributed by atoms with van der Waals surface area (Å²) >= 11 is 5.49. The van der Waals surface area contributed by atoms with E-state index in [9.17, 15) is 22.3 Å². The summed E-state index contributed by atoms with van der Waals surface area (Å²) in [7, 11) is -3.63. The Hall–Kier alpha value is -0.760. The molecule has 0 spiro atoms. The van der Waals surface area contributed by atoms with Gasteiger partial charge in [0.05, 0.1) is 23.6 Å². The zero-order chi connectivity index (χ0) is 14.5. The van der Waals surface area contributed by atoms with Crippen molar-refractivity contribution >= 4 is 21.6 Å². The van der Waals surface area contributed by atoms with Crippen LogP contribution in [0.25, 0.3) is 0 Å². The Kier molecular flexibility index (Phi) is 6.12. The molecule has 0 amide bonds. The number of halogens is 3. The molecule has 0 aromatic heterocycles. The van der Waals surface area contributed by atoms with Gasteiger partial charge in [-0.2, -0.15) is 0 Å². The first-order valence-electron chi connectivity index (χ1n) is 5.52. The molecular formula is C11H14ClF2NO3S. The lowest BCUT2D eigenvalue weighted by atomic mass is 10.1. The van der Waals surface area contributed by atoms with E-state index in [0.717, 1.165) is 6.07 Å². The van der Waals surface area contributed by atoms with Crippen LogP contribution in [0.5, 0.6) is 0 Å². The molecule has 0 aliphatic rings. The maximum atomic E-state index is 13.2. The van der Waals surface area contributed by atoms with Gasteiger partial charge in [0.25, 0.3) is 0 Å². The van der Waals surface area contributed by atoms with Crippen molar-refractivity contribution in [2.45, 2.75) is 12.5 Å². The van der Waals surface area contributed by atoms with Crippen LogP contribution in [-0.4, -0.2) is 32.5 Å². The highest BCUT2D eigenvalue weighted by atomic mass is 35.5. The second kappa shape index (κ2) is 7.14. The lowest BCUT2D eigenvalue weighted by Gasteiger charge is -2.12. The van der Waals surface area contributed by atoms with E-state index in [-0.39, 0.29) is 29.3 Å². The van der Waals surface area contributed by atoms with E-state index in [1.54, 1.807) is 0 Å². The van der Waals surface area contributed by atoms with Gasteiger partial charge in [-0.1, -0.05) is 17.7 Å². The largest absolute Gasteiger partial charge is 0.387 e. The molecule has 0 bridgehead atoms. The number of alkyl halides is 1. The SMILES string of the molecule is O=S(=O)(CCCF)NC[C@H](O)c1ccc(Cl)c(F)c1. The Morgan fingerprint density at radius 3 is 2.68 bits per heavy atom. The summed E-state index contributed by atoms with van der Waals surface area (Å²) < 4.78 is 49.9. The van der Waals surface area contributed by atoms with Crippen LogP contribution in [0.1, 0.15) is 18.1 Å². The predicted molar refractivity (Wildman–Crippen MR) is 68.8 cm³/mol. The van der Waals surface area contributed by atoms with Crippen molar-refractivity contribution in [3.8, 4) is 0 Å². The summed E-state index contributed by atoms with van der Waals surface area (Å²) in [6.45, 7) is -1.04. The monoisotopic (exact) mass is 313 g/mol. The highest BCUT2D eigenvalue weighted by Gasteiger charge is 2.15. The topological polar surface area (TPSA) is 66.4 Å². The first kappa shape index (κ1) is 16.3. The van der Waals surface area contributed by atoms with E-state index in [2.05, 4.69) is 4.72 Å². The molecule has 108 valence electrons. The molecule has 19 heavy (non-hydrogen) atoms. The number of rotatable bonds is 7. The number of benzene rings is 1. The second-order valence-electron chi connectivity index (χ2n) is 3.90. The Labute approximate surface area is 115 Å². The molecule has 8 heteroatoms. The number of hydrogen-bond acceptors (Lipinski definition) is 3. The van der Waals surface area contributed by atoms with E-state index in [0.29, 0.717) is 0 Å². The molecule has 0 heterocycles. The molecule has 2 N–H and O–H groups in total. The van der Waals surface area contributed by atoms with E-state index >= 15 is 0 Å². The average Bonchev–Trinajstić information content (AvgIpc) is 2.37. The van der Waals surface area contributed by atoms with Crippen LogP contribution >= 0.6 is 11.6 Å². The predicted octanol–water partition coefficient (Wildman–Crippen LogP) is 1.79. The first-order chi connectivity index (χ1) is 8.85. The minimum Gasteiger partial charge on any atom is -0.387 e. The molecule has 1 aromatic rings. The van der Waals surface area contributed by atoms with Gasteiger partial charge in [-0.15, -0.1) is 0 Å². The van der Waals surface area contributed by atoms with Crippen LogP contribution in [0.2, 0.25) is 5.02 Å². The van der Waals surface area contributed by atoms with Crippen molar-refractivity contribution in [1.82, 2.24) is 4.72 Å². The molecule has 0 fully saturated rings. The molecule has 0 unspecified atom stereocenters. The zero-order valence-electron chi connectivity index (χ0n) is 9.94. The van der Waals surface area contributed by atoms with Gasteiger partial charge in [0.15, 0.2) is 0 Å². The van der Waals surface area contributed by atoms with Crippen molar-refractivity contribution in [3.63, 3.8) is 0 Å². The lowest BCUT2D eigenvalue weighted by molar-refractivity contribution is 0.181. The third kappa shape index (κ3) is 5.40. The van der Waals surface area contributed by atoms with E-state index in [1.807, 2.05) is 0 Å². The van der Waals surface area contributed by atoms with Crippen LogP contribution in [-0.2, 0) is 10.0 Å². The summed E-state index contributed by atoms with van der Waals surface area (Å²) in [5, 5.41) is 9.63. The van der Waals surface area contributed by atoms with E-state index in [4.69, 9.17) is 11.6 Å². The van der Waals surface area contributed by atoms with Gasteiger partial charge in [-0.05, 0) is 24.1 Å². The number of aliphatic hydroxyl groups excluding tert-OH is 1. The van der Waals surface area contributed by atoms with Gasteiger partial charge < -0.3 is 5.11 Å². The smallest absolute Gasteiger partial charge is 0.211 e. The summed E-state index contributed by atoms with van der Waals surface area (Å²) in [6.07, 6.45) is -1.31. The van der Waals surface area contributed by atoms with Crippen LogP contribution in [0, 0.1) is 5.82 Å². The van der Waals surface area contributed by atoms with Gasteiger partial charge >= 0.3 is 0 Å². The standard InChI is InChI=1S/C11H14ClF2NO3S/c12-9-3-2-8(6-10(9)14)11(16)7-15-19(17,18)5-1-4-13/h2-3,6,11,15-16H,1,4-5,7H2/t11-/m0/s1. The molecule has 0 saturated heterocycles. The minimum atomic E-state index is -3.63. The molecule has 1 rings (SSSR count). The van der Waals surface area contributed by atoms with E-state index < -0.39 is 28.6 Å². The van der Waals surface area contributed by atoms with Crippen LogP contribution in [0.3, 0.4) is 0 Å². The molecular weight excluding hydrogens is 300 g/mol. The summed E-state index contributed by atoms with van der Waals surface area (Å²) in [5.41, 5.74) is 0.204. The summed E-state index contributed by atoms with van der Waals surface area (Å²) in [6, 6.07) is 3.70. The highest BCUT2D eigenvalue weighted by Crippen LogP contribution is 2.20. The molecule has 0 radical (unpaired) electrons. The molecule has 0 saturated carbocycles. The quantitative estimate of drug-likeness (QED) is 0.806. The third-order valence-electron chi connectivity index (χ3n) is 2.37. The lowest BCUT2D eigenvalue weighted by Crippen LogP contribution is -2.30. The first-order valence-corrected chi connectivity index (χ1v) is 7.55. The van der Waals surface area contributed by atoms with Crippen molar-refractivity contribution in [1.29, 1.82) is 0 Å². The maximum absolute atomic E-state index is 13.2. The number of hydrogen-bond donors (Lipinski definition) is 2. The fourth-order valence-electron chi connectivity index (χ4n) is 1.36. The Balaban J connectivity index is 2.60. The van der Waals surface area contributed by atoms with Crippen molar-refractivity contribution in [2.75, 3.05) is 19.0 Å². The van der Waals surface area contributed by atoms with Crippen molar-refractivity contribution in [3.05, 3.63) is 34.6 Å². The summed E-state index contributed by atoms with van der Waals surface area (Å²) in [4.78, 5) is 0. The maximum Gasteiger partial charge on any atom is 0.211 e. The molecule has 4 nitrogen and oxygen atoms in total. The zero-order valence-corrected chi connectivity index (χ0v) is 11.5. The molecule has 1 atom stereocenters. The third-order valence-corrected chi connectivity index (χ3v) is 4.11. The van der Waals surface area contributed by atoms with E-state index in [1.165, 1.54) is 12.1 Å². The Morgan fingerprint density at radius 1 is 1.42 bits per heavy atom. The average molecular weight is 314 g/mol. The van der Waals surface area contributed by atoms with Crippen LogP contribution < -0.4 is 4.72 Å². The highest BCUT2D eigenvalue weighted by molar-refractivity contribution is 7.89.